The van der Waals surface area contributed by atoms with Crippen LogP contribution in [0.1, 0.15) is 36.0 Å². The molecule has 5 heteroatoms. The molecule has 0 N–H and O–H groups in total. The average Bonchev–Trinajstić information content (AvgIpc) is 3.03. The lowest BCUT2D eigenvalue weighted by Gasteiger charge is -2.24. The molecule has 1 fully saturated rings. The number of hydrogen-bond acceptors (Lipinski definition) is 5. The van der Waals surface area contributed by atoms with Crippen LogP contribution in [0.2, 0.25) is 0 Å². The maximum absolute atomic E-state index is 5.34. The summed E-state index contributed by atoms with van der Waals surface area (Å²) >= 11 is 0. The fourth-order valence-corrected chi connectivity index (χ4v) is 3.30. The van der Waals surface area contributed by atoms with Crippen molar-refractivity contribution in [2.45, 2.75) is 32.0 Å². The molecule has 0 spiro atoms. The smallest absolute Gasteiger partial charge is 0.145 e. The Hall–Kier alpha value is -1.98. The SMILES string of the molecule is COc1cccc(CN2CCC[C@H]2c2nccc(CN(C)C)n2)c1. The van der Waals surface area contributed by atoms with Gasteiger partial charge in [-0.25, -0.2) is 9.97 Å². The van der Waals surface area contributed by atoms with E-state index in [2.05, 4.69) is 41.0 Å². The second-order valence-corrected chi connectivity index (χ2v) is 6.62. The standard InChI is InChI=1S/C19H26N4O/c1-22(2)14-16-9-10-20-19(21-16)18-8-5-11-23(18)13-15-6-4-7-17(12-15)24-3/h4,6-7,9-10,12,18H,5,8,11,13-14H2,1-3H3/t18-/m0/s1. The van der Waals surface area contributed by atoms with E-state index in [4.69, 9.17) is 9.72 Å². The maximum atomic E-state index is 5.34. The fraction of sp³-hybridized carbons (Fsp3) is 0.474. The van der Waals surface area contributed by atoms with Crippen molar-refractivity contribution in [1.82, 2.24) is 19.8 Å². The number of rotatable bonds is 6. The Morgan fingerprint density at radius 2 is 2.17 bits per heavy atom. The van der Waals surface area contributed by atoms with Crippen LogP contribution in [0.3, 0.4) is 0 Å². The number of methoxy groups -OCH3 is 1. The minimum atomic E-state index is 0.304. The van der Waals surface area contributed by atoms with Crippen molar-refractivity contribution in [3.8, 4) is 5.75 Å². The summed E-state index contributed by atoms with van der Waals surface area (Å²) in [5, 5.41) is 0. The predicted octanol–water partition coefficient (Wildman–Crippen LogP) is 2.88. The van der Waals surface area contributed by atoms with Crippen molar-refractivity contribution in [1.29, 1.82) is 0 Å². The van der Waals surface area contributed by atoms with Crippen LogP contribution in [0.5, 0.6) is 5.75 Å². The van der Waals surface area contributed by atoms with Crippen LogP contribution >= 0.6 is 0 Å². The van der Waals surface area contributed by atoms with Crippen LogP contribution in [0.4, 0.5) is 0 Å². The van der Waals surface area contributed by atoms with Crippen LogP contribution in [-0.4, -0.2) is 47.5 Å². The molecule has 1 saturated heterocycles. The molecule has 1 aliphatic heterocycles. The van der Waals surface area contributed by atoms with Crippen LogP contribution in [0.25, 0.3) is 0 Å². The first-order valence-electron chi connectivity index (χ1n) is 8.49. The number of likely N-dealkylation sites (tertiary alicyclic amines) is 1. The van der Waals surface area contributed by atoms with Gasteiger partial charge in [0.1, 0.15) is 11.6 Å². The molecule has 1 aromatic heterocycles. The number of benzene rings is 1. The van der Waals surface area contributed by atoms with E-state index in [1.54, 1.807) is 7.11 Å². The van der Waals surface area contributed by atoms with E-state index < -0.39 is 0 Å². The van der Waals surface area contributed by atoms with Crippen molar-refractivity contribution >= 4 is 0 Å². The molecule has 1 aliphatic rings. The molecule has 0 aliphatic carbocycles. The van der Waals surface area contributed by atoms with E-state index in [9.17, 15) is 0 Å². The quantitative estimate of drug-likeness (QED) is 0.816. The van der Waals surface area contributed by atoms with Crippen LogP contribution < -0.4 is 4.74 Å². The molecule has 2 aromatic rings. The minimum absolute atomic E-state index is 0.304. The zero-order chi connectivity index (χ0) is 16.9. The van der Waals surface area contributed by atoms with E-state index in [1.165, 1.54) is 12.0 Å². The van der Waals surface area contributed by atoms with Gasteiger partial charge in [0.15, 0.2) is 0 Å². The lowest BCUT2D eigenvalue weighted by molar-refractivity contribution is 0.238. The Labute approximate surface area is 144 Å². The lowest BCUT2D eigenvalue weighted by atomic mass is 10.1. The summed E-state index contributed by atoms with van der Waals surface area (Å²) in [7, 11) is 5.83. The molecule has 0 unspecified atom stereocenters. The van der Waals surface area contributed by atoms with Gasteiger partial charge in [0.05, 0.1) is 18.8 Å². The van der Waals surface area contributed by atoms with E-state index in [0.29, 0.717) is 6.04 Å². The summed E-state index contributed by atoms with van der Waals surface area (Å²) in [6, 6.07) is 10.6. The Bertz CT molecular complexity index is 674. The predicted molar refractivity (Wildman–Crippen MR) is 94.8 cm³/mol. The summed E-state index contributed by atoms with van der Waals surface area (Å²) in [6.45, 7) is 2.84. The van der Waals surface area contributed by atoms with Crippen molar-refractivity contribution in [2.24, 2.45) is 0 Å². The summed E-state index contributed by atoms with van der Waals surface area (Å²) in [5.41, 5.74) is 2.35. The van der Waals surface area contributed by atoms with Crippen LogP contribution in [-0.2, 0) is 13.1 Å². The first-order chi connectivity index (χ1) is 11.7. The fourth-order valence-electron chi connectivity index (χ4n) is 3.30. The third-order valence-electron chi connectivity index (χ3n) is 4.39. The minimum Gasteiger partial charge on any atom is -0.497 e. The molecular weight excluding hydrogens is 300 g/mol. The molecule has 128 valence electrons. The second-order valence-electron chi connectivity index (χ2n) is 6.62. The molecule has 0 amide bonds. The monoisotopic (exact) mass is 326 g/mol. The lowest BCUT2D eigenvalue weighted by Crippen LogP contribution is -2.25. The number of ether oxygens (including phenoxy) is 1. The summed E-state index contributed by atoms with van der Waals surface area (Å²) in [5.74, 6) is 1.86. The van der Waals surface area contributed by atoms with Crippen molar-refractivity contribution < 1.29 is 4.74 Å². The molecule has 1 aromatic carbocycles. The number of aromatic nitrogens is 2. The van der Waals surface area contributed by atoms with E-state index in [1.807, 2.05) is 24.4 Å². The van der Waals surface area contributed by atoms with Gasteiger partial charge in [0, 0.05) is 19.3 Å². The topological polar surface area (TPSA) is 41.5 Å². The Morgan fingerprint density at radius 1 is 1.29 bits per heavy atom. The third-order valence-corrected chi connectivity index (χ3v) is 4.39. The third kappa shape index (κ3) is 4.10. The molecule has 1 atom stereocenters. The van der Waals surface area contributed by atoms with Crippen LogP contribution in [0, 0.1) is 0 Å². The Morgan fingerprint density at radius 3 is 2.96 bits per heavy atom. The Balaban J connectivity index is 1.75. The van der Waals surface area contributed by atoms with Gasteiger partial charge in [0.25, 0.3) is 0 Å². The molecule has 0 radical (unpaired) electrons. The van der Waals surface area contributed by atoms with E-state index in [0.717, 1.165) is 43.3 Å². The van der Waals surface area contributed by atoms with E-state index in [-0.39, 0.29) is 0 Å². The van der Waals surface area contributed by atoms with Gasteiger partial charge in [-0.3, -0.25) is 4.90 Å². The zero-order valence-corrected chi connectivity index (χ0v) is 14.8. The highest BCUT2D eigenvalue weighted by Crippen LogP contribution is 2.31. The van der Waals surface area contributed by atoms with Gasteiger partial charge >= 0.3 is 0 Å². The highest BCUT2D eigenvalue weighted by atomic mass is 16.5. The van der Waals surface area contributed by atoms with E-state index >= 15 is 0 Å². The van der Waals surface area contributed by atoms with Gasteiger partial charge in [-0.1, -0.05) is 12.1 Å². The van der Waals surface area contributed by atoms with Crippen molar-refractivity contribution in [3.05, 3.63) is 53.6 Å². The largest absolute Gasteiger partial charge is 0.497 e. The Kier molecular flexibility index (Phi) is 5.43. The van der Waals surface area contributed by atoms with Crippen LogP contribution in [0.15, 0.2) is 36.5 Å². The first kappa shape index (κ1) is 16.9. The zero-order valence-electron chi connectivity index (χ0n) is 14.8. The van der Waals surface area contributed by atoms with Gasteiger partial charge in [-0.15, -0.1) is 0 Å². The molecule has 2 heterocycles. The molecule has 0 saturated carbocycles. The maximum Gasteiger partial charge on any atom is 0.145 e. The van der Waals surface area contributed by atoms with Crippen molar-refractivity contribution in [2.75, 3.05) is 27.7 Å². The second kappa shape index (κ2) is 7.73. The number of hydrogen-bond donors (Lipinski definition) is 0. The van der Waals surface area contributed by atoms with Gasteiger partial charge in [-0.2, -0.15) is 0 Å². The normalized spacial score (nSPS) is 18.2. The summed E-state index contributed by atoms with van der Waals surface area (Å²) in [6.07, 6.45) is 4.20. The number of nitrogens with zero attached hydrogens (tertiary/aromatic N) is 4. The summed E-state index contributed by atoms with van der Waals surface area (Å²) in [4.78, 5) is 14.0. The molecule has 5 nitrogen and oxygen atoms in total. The van der Waals surface area contributed by atoms with Gasteiger partial charge < -0.3 is 9.64 Å². The summed E-state index contributed by atoms with van der Waals surface area (Å²) < 4.78 is 5.34. The van der Waals surface area contributed by atoms with Gasteiger partial charge in [0.2, 0.25) is 0 Å². The highest BCUT2D eigenvalue weighted by molar-refractivity contribution is 5.28. The van der Waals surface area contributed by atoms with Crippen molar-refractivity contribution in [3.63, 3.8) is 0 Å². The highest BCUT2D eigenvalue weighted by Gasteiger charge is 2.28. The molecule has 3 rings (SSSR count). The first-order valence-corrected chi connectivity index (χ1v) is 8.49. The van der Waals surface area contributed by atoms with Gasteiger partial charge in [-0.05, 0) is 57.2 Å². The molecule has 24 heavy (non-hydrogen) atoms. The molecule has 0 bridgehead atoms. The molecular formula is C19H26N4O. The average molecular weight is 326 g/mol.